The normalized spacial score (nSPS) is 9.75. The van der Waals surface area contributed by atoms with Crippen molar-refractivity contribution in [1.82, 2.24) is 4.98 Å². The molecule has 0 atom stereocenters. The van der Waals surface area contributed by atoms with E-state index in [1.54, 1.807) is 0 Å². The molecule has 4 N–H and O–H groups in total. The van der Waals surface area contributed by atoms with Gasteiger partial charge in [-0.25, -0.2) is 4.79 Å². The highest BCUT2D eigenvalue weighted by molar-refractivity contribution is 6.29. The summed E-state index contributed by atoms with van der Waals surface area (Å²) < 4.78 is 0. The van der Waals surface area contributed by atoms with Crippen molar-refractivity contribution in [3.63, 3.8) is 0 Å². The maximum absolute atomic E-state index is 10.9. The Kier molecular flexibility index (Phi) is 2.05. The Morgan fingerprint density at radius 3 is 2.67 bits per heavy atom. The van der Waals surface area contributed by atoms with Crippen LogP contribution in [0.1, 0.15) is 10.4 Å². The molecule has 5 nitrogen and oxygen atoms in total. The number of nitrogens with two attached hydrogens (primary N) is 1. The number of anilines is 1. The standard InChI is InChI=1S/C6H5ClN2O3/c7-3-1-2(8)4(6(11)12)5(10)9-3/h1H,(H,11,12)(H3,8,9,10). The molecule has 0 bridgehead atoms. The number of nitrogens with one attached hydrogen (secondary N) is 1. The SMILES string of the molecule is Nc1cc(Cl)[nH]c(=O)c1C(=O)O. The van der Waals surface area contributed by atoms with Crippen LogP contribution in [-0.2, 0) is 0 Å². The van der Waals surface area contributed by atoms with Crippen LogP contribution in [0.4, 0.5) is 5.69 Å². The van der Waals surface area contributed by atoms with Crippen LogP contribution in [0.15, 0.2) is 10.9 Å². The third-order valence-electron chi connectivity index (χ3n) is 1.24. The molecular formula is C6H5ClN2O3. The van der Waals surface area contributed by atoms with Gasteiger partial charge in [0.15, 0.2) is 0 Å². The number of aromatic nitrogens is 1. The van der Waals surface area contributed by atoms with E-state index in [-0.39, 0.29) is 10.8 Å². The maximum atomic E-state index is 10.9. The number of nitrogen functional groups attached to an aromatic ring is 1. The fraction of sp³-hybridized carbons (Fsp3) is 0. The Labute approximate surface area is 71.8 Å². The van der Waals surface area contributed by atoms with Gasteiger partial charge in [0.05, 0.1) is 5.69 Å². The van der Waals surface area contributed by atoms with Crippen molar-refractivity contribution in [2.75, 3.05) is 5.73 Å². The lowest BCUT2D eigenvalue weighted by Gasteiger charge is -1.98. The zero-order chi connectivity index (χ0) is 9.30. The minimum absolute atomic E-state index is 0.0162. The summed E-state index contributed by atoms with van der Waals surface area (Å²) in [5.74, 6) is -1.37. The molecule has 1 aromatic rings. The molecule has 0 aromatic carbocycles. The number of hydrogen-bond donors (Lipinski definition) is 3. The summed E-state index contributed by atoms with van der Waals surface area (Å²) >= 11 is 5.40. The lowest BCUT2D eigenvalue weighted by molar-refractivity contribution is 0.0696. The van der Waals surface area contributed by atoms with E-state index in [1.807, 2.05) is 0 Å². The van der Waals surface area contributed by atoms with Crippen LogP contribution in [0.5, 0.6) is 0 Å². The number of halogens is 1. The highest BCUT2D eigenvalue weighted by Crippen LogP contribution is 2.10. The van der Waals surface area contributed by atoms with Gasteiger partial charge in [0.1, 0.15) is 10.7 Å². The lowest BCUT2D eigenvalue weighted by Crippen LogP contribution is -2.19. The minimum Gasteiger partial charge on any atom is -0.477 e. The molecule has 1 rings (SSSR count). The molecule has 0 unspecified atom stereocenters. The highest BCUT2D eigenvalue weighted by Gasteiger charge is 2.13. The number of carboxylic acids is 1. The van der Waals surface area contributed by atoms with E-state index in [9.17, 15) is 9.59 Å². The van der Waals surface area contributed by atoms with Gasteiger partial charge in [0, 0.05) is 0 Å². The number of H-pyrrole nitrogens is 1. The largest absolute Gasteiger partial charge is 0.477 e. The Morgan fingerprint density at radius 2 is 2.25 bits per heavy atom. The summed E-state index contributed by atoms with van der Waals surface area (Å²) in [7, 11) is 0. The predicted octanol–water partition coefficient (Wildman–Crippen LogP) is 0.309. The second kappa shape index (κ2) is 2.86. The summed E-state index contributed by atoms with van der Waals surface area (Å²) in [6.07, 6.45) is 0. The van der Waals surface area contributed by atoms with Crippen LogP contribution in [-0.4, -0.2) is 16.1 Å². The lowest BCUT2D eigenvalue weighted by atomic mass is 10.2. The molecule has 1 heterocycles. The number of aromatic carboxylic acids is 1. The second-order valence-electron chi connectivity index (χ2n) is 2.08. The monoisotopic (exact) mass is 188 g/mol. The van der Waals surface area contributed by atoms with E-state index in [0.717, 1.165) is 0 Å². The molecule has 0 aliphatic carbocycles. The van der Waals surface area contributed by atoms with E-state index in [0.29, 0.717) is 0 Å². The Morgan fingerprint density at radius 1 is 1.67 bits per heavy atom. The topological polar surface area (TPSA) is 96.2 Å². The van der Waals surface area contributed by atoms with E-state index in [4.69, 9.17) is 22.4 Å². The van der Waals surface area contributed by atoms with Crippen LogP contribution in [0.3, 0.4) is 0 Å². The molecule has 6 heteroatoms. The Bertz CT molecular complexity index is 385. The van der Waals surface area contributed by atoms with Crippen molar-refractivity contribution < 1.29 is 9.90 Å². The van der Waals surface area contributed by atoms with E-state index in [1.165, 1.54) is 6.07 Å². The van der Waals surface area contributed by atoms with Gasteiger partial charge in [0.25, 0.3) is 5.56 Å². The van der Waals surface area contributed by atoms with Gasteiger partial charge in [-0.1, -0.05) is 11.6 Å². The van der Waals surface area contributed by atoms with Crippen molar-refractivity contribution in [2.45, 2.75) is 0 Å². The molecule has 0 aliphatic heterocycles. The molecule has 0 aliphatic rings. The molecule has 64 valence electrons. The third kappa shape index (κ3) is 1.40. The predicted molar refractivity (Wildman–Crippen MR) is 43.4 cm³/mol. The number of carbonyl (C=O) groups is 1. The summed E-state index contributed by atoms with van der Waals surface area (Å²) in [6.45, 7) is 0. The first-order chi connectivity index (χ1) is 5.52. The first-order valence-electron chi connectivity index (χ1n) is 2.94. The van der Waals surface area contributed by atoms with Crippen molar-refractivity contribution in [2.24, 2.45) is 0 Å². The van der Waals surface area contributed by atoms with Gasteiger partial charge in [-0.05, 0) is 6.07 Å². The molecule has 0 radical (unpaired) electrons. The Hall–Kier alpha value is -1.49. The van der Waals surface area contributed by atoms with Gasteiger partial charge < -0.3 is 15.8 Å². The van der Waals surface area contributed by atoms with E-state index in [2.05, 4.69) is 4.98 Å². The number of pyridine rings is 1. The fourth-order valence-corrected chi connectivity index (χ4v) is 0.971. The number of hydrogen-bond acceptors (Lipinski definition) is 3. The number of aromatic amines is 1. The van der Waals surface area contributed by atoms with Crippen LogP contribution in [0.25, 0.3) is 0 Å². The average molecular weight is 189 g/mol. The van der Waals surface area contributed by atoms with Crippen LogP contribution in [0, 0.1) is 0 Å². The van der Waals surface area contributed by atoms with Crippen molar-refractivity contribution in [3.8, 4) is 0 Å². The molecule has 12 heavy (non-hydrogen) atoms. The Balaban J connectivity index is 3.49. The maximum Gasteiger partial charge on any atom is 0.343 e. The summed E-state index contributed by atoms with van der Waals surface area (Å²) in [5, 5.41) is 8.51. The van der Waals surface area contributed by atoms with Crippen molar-refractivity contribution in [3.05, 3.63) is 27.1 Å². The zero-order valence-electron chi connectivity index (χ0n) is 5.80. The second-order valence-corrected chi connectivity index (χ2v) is 2.49. The number of rotatable bonds is 1. The minimum atomic E-state index is -1.37. The number of carboxylic acid groups (broad SMARTS) is 1. The average Bonchev–Trinajstić information content (AvgIpc) is 1.82. The van der Waals surface area contributed by atoms with E-state index >= 15 is 0 Å². The quantitative estimate of drug-likeness (QED) is 0.553. The smallest absolute Gasteiger partial charge is 0.343 e. The van der Waals surface area contributed by atoms with Gasteiger partial charge in [-0.3, -0.25) is 4.79 Å². The molecule has 0 saturated carbocycles. The zero-order valence-corrected chi connectivity index (χ0v) is 6.55. The molecular weight excluding hydrogens is 184 g/mol. The van der Waals surface area contributed by atoms with Crippen LogP contribution >= 0.6 is 11.6 Å². The van der Waals surface area contributed by atoms with Gasteiger partial charge in [0.2, 0.25) is 0 Å². The third-order valence-corrected chi connectivity index (χ3v) is 1.45. The van der Waals surface area contributed by atoms with Gasteiger partial charge >= 0.3 is 5.97 Å². The molecule has 1 aromatic heterocycles. The molecule has 0 saturated heterocycles. The summed E-state index contributed by atoms with van der Waals surface area (Å²) in [4.78, 5) is 23.4. The summed E-state index contributed by atoms with van der Waals surface area (Å²) in [5.41, 5.74) is 3.81. The van der Waals surface area contributed by atoms with Crippen molar-refractivity contribution in [1.29, 1.82) is 0 Å². The van der Waals surface area contributed by atoms with E-state index < -0.39 is 17.1 Å². The van der Waals surface area contributed by atoms with Crippen LogP contribution < -0.4 is 11.3 Å². The first-order valence-corrected chi connectivity index (χ1v) is 3.31. The van der Waals surface area contributed by atoms with Gasteiger partial charge in [-0.2, -0.15) is 0 Å². The molecule has 0 spiro atoms. The highest BCUT2D eigenvalue weighted by atomic mass is 35.5. The molecule has 0 amide bonds. The summed E-state index contributed by atoms with van der Waals surface area (Å²) in [6, 6.07) is 1.17. The fourth-order valence-electron chi connectivity index (χ4n) is 0.767. The van der Waals surface area contributed by atoms with Crippen LogP contribution in [0.2, 0.25) is 5.15 Å². The van der Waals surface area contributed by atoms with Crippen molar-refractivity contribution >= 4 is 23.3 Å². The first kappa shape index (κ1) is 8.61. The van der Waals surface area contributed by atoms with Gasteiger partial charge in [-0.15, -0.1) is 0 Å². The molecule has 0 fully saturated rings.